The van der Waals surface area contributed by atoms with Crippen molar-refractivity contribution in [3.8, 4) is 0 Å². The van der Waals surface area contributed by atoms with E-state index >= 15 is 0 Å². The van der Waals surface area contributed by atoms with Crippen LogP contribution in [0.2, 0.25) is 0 Å². The van der Waals surface area contributed by atoms with Crippen molar-refractivity contribution in [3.63, 3.8) is 0 Å². The van der Waals surface area contributed by atoms with Crippen LogP contribution in [-0.2, 0) is 9.53 Å². The van der Waals surface area contributed by atoms with Crippen molar-refractivity contribution < 1.29 is 9.53 Å². The minimum atomic E-state index is 0.0199. The largest absolute Gasteiger partial charge is 0.383 e. The molecule has 20 heavy (non-hydrogen) atoms. The van der Waals surface area contributed by atoms with Gasteiger partial charge in [-0.25, -0.2) is 4.98 Å². The molecule has 1 heterocycles. The average Bonchev–Trinajstić information content (AvgIpc) is 2.81. The topological polar surface area (TPSA) is 63.2 Å². The number of carbonyl (C=O) groups excluding carboxylic acids is 1. The van der Waals surface area contributed by atoms with E-state index in [1.165, 1.54) is 5.56 Å². The molecule has 1 aromatic carbocycles. The lowest BCUT2D eigenvalue weighted by Crippen LogP contribution is -2.28. The Hall–Kier alpha value is -1.66. The van der Waals surface area contributed by atoms with E-state index in [9.17, 15) is 4.79 Å². The van der Waals surface area contributed by atoms with Gasteiger partial charge in [-0.15, -0.1) is 0 Å². The standard InChI is InChI=1S/C14H19N3O2S/c1-10-3-4-11-12(9-10)20-14(17-11)16-6-5-13(18)15-7-8-19-2/h3-4,9H,5-8H2,1-2H3,(H,15,18)(H,16,17). The smallest absolute Gasteiger partial charge is 0.221 e. The summed E-state index contributed by atoms with van der Waals surface area (Å²) in [5.41, 5.74) is 2.22. The highest BCUT2D eigenvalue weighted by atomic mass is 32.1. The molecular weight excluding hydrogens is 274 g/mol. The number of hydrogen-bond donors (Lipinski definition) is 2. The third-order valence-electron chi connectivity index (χ3n) is 2.80. The molecule has 0 aliphatic heterocycles. The van der Waals surface area contributed by atoms with E-state index in [2.05, 4.69) is 34.7 Å². The first kappa shape index (κ1) is 14.7. The predicted molar refractivity (Wildman–Crippen MR) is 82.3 cm³/mol. The molecular formula is C14H19N3O2S. The molecule has 108 valence electrons. The first-order chi connectivity index (χ1) is 9.69. The van der Waals surface area contributed by atoms with Gasteiger partial charge in [0.2, 0.25) is 5.91 Å². The molecule has 1 amide bonds. The molecule has 0 spiro atoms. The quantitative estimate of drug-likeness (QED) is 0.768. The number of carbonyl (C=O) groups is 1. The Kier molecular flexibility index (Phi) is 5.31. The van der Waals surface area contributed by atoms with Crippen LogP contribution in [0.15, 0.2) is 18.2 Å². The number of aryl methyl sites for hydroxylation is 1. The summed E-state index contributed by atoms with van der Waals surface area (Å²) in [6.07, 6.45) is 0.429. The second-order valence-corrected chi connectivity index (χ2v) is 5.54. The van der Waals surface area contributed by atoms with E-state index in [1.807, 2.05) is 6.07 Å². The summed E-state index contributed by atoms with van der Waals surface area (Å²) in [5, 5.41) is 6.83. The number of nitrogens with one attached hydrogen (secondary N) is 2. The molecule has 1 aromatic heterocycles. The maximum atomic E-state index is 11.5. The zero-order valence-corrected chi connectivity index (χ0v) is 12.5. The molecule has 2 rings (SSSR count). The number of nitrogens with zero attached hydrogens (tertiary/aromatic N) is 1. The summed E-state index contributed by atoms with van der Waals surface area (Å²) < 4.78 is 6.03. The second kappa shape index (κ2) is 7.21. The van der Waals surface area contributed by atoms with Crippen LogP contribution in [0.1, 0.15) is 12.0 Å². The summed E-state index contributed by atoms with van der Waals surface area (Å²) in [6.45, 7) is 3.74. The first-order valence-electron chi connectivity index (χ1n) is 6.56. The third kappa shape index (κ3) is 4.18. The van der Waals surface area contributed by atoms with Crippen molar-refractivity contribution in [2.24, 2.45) is 0 Å². The van der Waals surface area contributed by atoms with Gasteiger partial charge in [0.25, 0.3) is 0 Å². The molecule has 0 radical (unpaired) electrons. The lowest BCUT2D eigenvalue weighted by molar-refractivity contribution is -0.121. The van der Waals surface area contributed by atoms with Crippen LogP contribution in [0.5, 0.6) is 0 Å². The van der Waals surface area contributed by atoms with E-state index in [-0.39, 0.29) is 5.91 Å². The van der Waals surface area contributed by atoms with Crippen LogP contribution in [0, 0.1) is 6.92 Å². The SMILES string of the molecule is COCCNC(=O)CCNc1nc2ccc(C)cc2s1. The van der Waals surface area contributed by atoms with Crippen LogP contribution in [0.4, 0.5) is 5.13 Å². The molecule has 2 aromatic rings. The van der Waals surface area contributed by atoms with Crippen molar-refractivity contribution in [1.82, 2.24) is 10.3 Å². The fourth-order valence-corrected chi connectivity index (χ4v) is 2.76. The zero-order valence-electron chi connectivity index (χ0n) is 11.7. The highest BCUT2D eigenvalue weighted by Crippen LogP contribution is 2.26. The molecule has 6 heteroatoms. The second-order valence-electron chi connectivity index (χ2n) is 4.51. The summed E-state index contributed by atoms with van der Waals surface area (Å²) in [4.78, 5) is 16.0. The lowest BCUT2D eigenvalue weighted by Gasteiger charge is -2.04. The molecule has 0 saturated heterocycles. The van der Waals surface area contributed by atoms with Crippen molar-refractivity contribution in [2.75, 3.05) is 32.1 Å². The summed E-state index contributed by atoms with van der Waals surface area (Å²) in [6, 6.07) is 6.19. The van der Waals surface area contributed by atoms with Crippen LogP contribution < -0.4 is 10.6 Å². The first-order valence-corrected chi connectivity index (χ1v) is 7.37. The monoisotopic (exact) mass is 293 g/mol. The van der Waals surface area contributed by atoms with Crippen molar-refractivity contribution >= 4 is 32.6 Å². The molecule has 0 aliphatic carbocycles. The third-order valence-corrected chi connectivity index (χ3v) is 3.78. The van der Waals surface area contributed by atoms with Gasteiger partial charge in [0.05, 0.1) is 16.8 Å². The molecule has 0 unspecified atom stereocenters. The summed E-state index contributed by atoms with van der Waals surface area (Å²) >= 11 is 1.61. The van der Waals surface area contributed by atoms with E-state index < -0.39 is 0 Å². The van der Waals surface area contributed by atoms with Crippen molar-refractivity contribution in [3.05, 3.63) is 23.8 Å². The van der Waals surface area contributed by atoms with Crippen LogP contribution >= 0.6 is 11.3 Å². The molecule has 2 N–H and O–H groups in total. The number of fused-ring (bicyclic) bond motifs is 1. The molecule has 0 fully saturated rings. The molecule has 0 aliphatic rings. The van der Waals surface area contributed by atoms with Gasteiger partial charge in [0.15, 0.2) is 5.13 Å². The van der Waals surface area contributed by atoms with Crippen molar-refractivity contribution in [2.45, 2.75) is 13.3 Å². The number of rotatable bonds is 7. The number of hydrogen-bond acceptors (Lipinski definition) is 5. The van der Waals surface area contributed by atoms with Gasteiger partial charge in [0, 0.05) is 26.6 Å². The molecule has 5 nitrogen and oxygen atoms in total. The van der Waals surface area contributed by atoms with E-state index in [0.717, 1.165) is 15.3 Å². The van der Waals surface area contributed by atoms with E-state index in [0.29, 0.717) is 26.1 Å². The van der Waals surface area contributed by atoms with E-state index in [1.54, 1.807) is 18.4 Å². The number of aromatic nitrogens is 1. The maximum Gasteiger partial charge on any atom is 0.221 e. The summed E-state index contributed by atoms with van der Waals surface area (Å²) in [7, 11) is 1.61. The Labute approximate surface area is 122 Å². The molecule has 0 atom stereocenters. The van der Waals surface area contributed by atoms with Crippen LogP contribution in [0.25, 0.3) is 10.2 Å². The number of benzene rings is 1. The predicted octanol–water partition coefficient (Wildman–Crippen LogP) is 2.17. The Morgan fingerprint density at radius 3 is 3.05 bits per heavy atom. The highest BCUT2D eigenvalue weighted by Gasteiger charge is 2.05. The Balaban J connectivity index is 1.79. The minimum Gasteiger partial charge on any atom is -0.383 e. The van der Waals surface area contributed by atoms with Gasteiger partial charge in [0.1, 0.15) is 0 Å². The fourth-order valence-electron chi connectivity index (χ4n) is 1.77. The lowest BCUT2D eigenvalue weighted by atomic mass is 10.2. The maximum absolute atomic E-state index is 11.5. The Morgan fingerprint density at radius 2 is 2.25 bits per heavy atom. The van der Waals surface area contributed by atoms with Gasteiger partial charge < -0.3 is 15.4 Å². The highest BCUT2D eigenvalue weighted by molar-refractivity contribution is 7.22. The Morgan fingerprint density at radius 1 is 1.40 bits per heavy atom. The number of anilines is 1. The number of methoxy groups -OCH3 is 1. The minimum absolute atomic E-state index is 0.0199. The number of thiazole rings is 1. The number of amides is 1. The summed E-state index contributed by atoms with van der Waals surface area (Å²) in [5.74, 6) is 0.0199. The van der Waals surface area contributed by atoms with Crippen molar-refractivity contribution in [1.29, 1.82) is 0 Å². The van der Waals surface area contributed by atoms with Crippen LogP contribution in [0.3, 0.4) is 0 Å². The zero-order chi connectivity index (χ0) is 14.4. The fraction of sp³-hybridized carbons (Fsp3) is 0.429. The van der Waals surface area contributed by atoms with Gasteiger partial charge in [-0.05, 0) is 24.6 Å². The van der Waals surface area contributed by atoms with Crippen LogP contribution in [-0.4, -0.2) is 37.7 Å². The van der Waals surface area contributed by atoms with E-state index in [4.69, 9.17) is 4.74 Å². The van der Waals surface area contributed by atoms with Gasteiger partial charge in [-0.2, -0.15) is 0 Å². The number of ether oxygens (including phenoxy) is 1. The Bertz CT molecular complexity index is 583. The van der Waals surface area contributed by atoms with Gasteiger partial charge in [-0.3, -0.25) is 4.79 Å². The molecule has 0 saturated carbocycles. The average molecular weight is 293 g/mol. The molecule has 0 bridgehead atoms. The normalized spacial score (nSPS) is 10.7. The van der Waals surface area contributed by atoms with Gasteiger partial charge >= 0.3 is 0 Å². The van der Waals surface area contributed by atoms with Gasteiger partial charge in [-0.1, -0.05) is 17.4 Å².